The highest BCUT2D eigenvalue weighted by Crippen LogP contribution is 2.30. The second-order valence-corrected chi connectivity index (χ2v) is 5.67. The van der Waals surface area contributed by atoms with E-state index in [2.05, 4.69) is 16.7 Å². The molecular weight excluding hydrogens is 375 g/mol. The predicted octanol–water partition coefficient (Wildman–Crippen LogP) is 2.33. The van der Waals surface area contributed by atoms with Crippen molar-refractivity contribution in [3.8, 4) is 12.3 Å². The zero-order valence-corrected chi connectivity index (χ0v) is 14.7. The first-order valence-corrected chi connectivity index (χ1v) is 8.18. The van der Waals surface area contributed by atoms with Gasteiger partial charge in [-0.1, -0.05) is 5.92 Å². The van der Waals surface area contributed by atoms with E-state index in [0.29, 0.717) is 6.42 Å². The van der Waals surface area contributed by atoms with Gasteiger partial charge in [-0.15, -0.1) is 6.42 Å². The van der Waals surface area contributed by atoms with Crippen molar-refractivity contribution in [2.45, 2.75) is 13.0 Å². The largest absolute Gasteiger partial charge is 0.396 e. The van der Waals surface area contributed by atoms with Crippen molar-refractivity contribution in [1.29, 1.82) is 0 Å². The number of nitrogens with one attached hydrogen (secondary N) is 2. The van der Waals surface area contributed by atoms with E-state index in [1.165, 1.54) is 12.1 Å². The molecule has 0 atom stereocenters. The summed E-state index contributed by atoms with van der Waals surface area (Å²) in [4.78, 5) is 16.7. The van der Waals surface area contributed by atoms with Crippen LogP contribution in [0.25, 0.3) is 0 Å². The van der Waals surface area contributed by atoms with Crippen molar-refractivity contribution < 1.29 is 27.9 Å². The Bertz CT molecular complexity index is 914. The molecule has 0 aliphatic heterocycles. The van der Waals surface area contributed by atoms with Crippen LogP contribution in [0.3, 0.4) is 0 Å². The van der Waals surface area contributed by atoms with Gasteiger partial charge in [-0.3, -0.25) is 9.63 Å². The van der Waals surface area contributed by atoms with Gasteiger partial charge in [0.15, 0.2) is 11.6 Å². The predicted molar refractivity (Wildman–Crippen MR) is 97.0 cm³/mol. The number of terminal acetylenes is 1. The monoisotopic (exact) mass is 393 g/mol. The molecule has 0 bridgehead atoms. The van der Waals surface area contributed by atoms with Gasteiger partial charge in [-0.2, -0.15) is 0 Å². The minimum absolute atomic E-state index is 0.0651. The maximum Gasteiger partial charge on any atom is 0.250 e. The minimum Gasteiger partial charge on any atom is -0.396 e. The van der Waals surface area contributed by atoms with Crippen molar-refractivity contribution in [1.82, 2.24) is 5.48 Å². The summed E-state index contributed by atoms with van der Waals surface area (Å²) in [6, 6.07) is 4.67. The number of anilines is 2. The summed E-state index contributed by atoms with van der Waals surface area (Å²) in [6.07, 6.45) is 5.57. The number of rotatable bonds is 9. The highest BCUT2D eigenvalue weighted by atomic mass is 19.2. The SMILES string of the molecule is C#Cc1ccc(Nc2c(C(N)=O)cc(CONCCCO)c(F)c2F)c(F)c1. The molecule has 0 aromatic heterocycles. The molecule has 0 aliphatic rings. The Morgan fingerprint density at radius 1 is 1.25 bits per heavy atom. The molecule has 0 saturated heterocycles. The normalized spacial score (nSPS) is 10.5. The number of aliphatic hydroxyl groups excluding tert-OH is 1. The Hall–Kier alpha value is -3.06. The molecule has 0 unspecified atom stereocenters. The third-order valence-corrected chi connectivity index (χ3v) is 3.71. The van der Waals surface area contributed by atoms with Gasteiger partial charge in [0.1, 0.15) is 5.82 Å². The maximum atomic E-state index is 14.6. The topological polar surface area (TPSA) is 96.6 Å². The van der Waals surface area contributed by atoms with Crippen molar-refractivity contribution in [2.24, 2.45) is 5.73 Å². The average Bonchev–Trinajstić information content (AvgIpc) is 2.67. The Morgan fingerprint density at radius 3 is 2.61 bits per heavy atom. The van der Waals surface area contributed by atoms with E-state index < -0.39 is 35.7 Å². The minimum atomic E-state index is -1.41. The van der Waals surface area contributed by atoms with Crippen LogP contribution >= 0.6 is 0 Å². The Labute approximate surface area is 159 Å². The zero-order valence-electron chi connectivity index (χ0n) is 14.7. The smallest absolute Gasteiger partial charge is 0.250 e. The van der Waals surface area contributed by atoms with Crippen molar-refractivity contribution >= 4 is 17.3 Å². The van der Waals surface area contributed by atoms with Crippen molar-refractivity contribution in [3.63, 3.8) is 0 Å². The number of halogens is 3. The fraction of sp³-hybridized carbons (Fsp3) is 0.211. The number of carbonyl (C=O) groups is 1. The van der Waals surface area contributed by atoms with Crippen LogP contribution < -0.4 is 16.5 Å². The number of aliphatic hydroxyl groups is 1. The molecule has 2 aromatic carbocycles. The second-order valence-electron chi connectivity index (χ2n) is 5.67. The number of hydrogen-bond donors (Lipinski definition) is 4. The molecule has 0 heterocycles. The van der Waals surface area contributed by atoms with Gasteiger partial charge >= 0.3 is 0 Å². The van der Waals surface area contributed by atoms with Gasteiger partial charge in [0.2, 0.25) is 0 Å². The molecule has 2 aromatic rings. The summed E-state index contributed by atoms with van der Waals surface area (Å²) in [6.45, 7) is -0.180. The quantitative estimate of drug-likeness (QED) is 0.298. The van der Waals surface area contributed by atoms with Crippen LogP contribution in [0.2, 0.25) is 0 Å². The summed E-state index contributed by atoms with van der Waals surface area (Å²) in [7, 11) is 0. The third-order valence-electron chi connectivity index (χ3n) is 3.71. The Balaban J connectivity index is 2.33. The van der Waals surface area contributed by atoms with Crippen LogP contribution in [0.5, 0.6) is 0 Å². The molecule has 148 valence electrons. The number of benzene rings is 2. The molecule has 1 amide bonds. The lowest BCUT2D eigenvalue weighted by atomic mass is 10.1. The summed E-state index contributed by atoms with van der Waals surface area (Å²) < 4.78 is 43.0. The fourth-order valence-electron chi connectivity index (χ4n) is 2.29. The number of hydroxylamine groups is 1. The van der Waals surface area contributed by atoms with Crippen LogP contribution in [-0.4, -0.2) is 24.2 Å². The summed E-state index contributed by atoms with van der Waals surface area (Å²) in [5.74, 6) is -2.31. The first-order chi connectivity index (χ1) is 13.4. The van der Waals surface area contributed by atoms with Gasteiger partial charge in [0.05, 0.1) is 23.5 Å². The van der Waals surface area contributed by atoms with Gasteiger partial charge in [-0.05, 0) is 30.7 Å². The summed E-state index contributed by atoms with van der Waals surface area (Å²) in [5, 5.41) is 11.0. The number of primary amides is 1. The zero-order chi connectivity index (χ0) is 20.7. The van der Waals surface area contributed by atoms with E-state index in [1.807, 2.05) is 0 Å². The van der Waals surface area contributed by atoms with E-state index in [-0.39, 0.29) is 35.5 Å². The lowest BCUT2D eigenvalue weighted by Crippen LogP contribution is -2.19. The lowest BCUT2D eigenvalue weighted by molar-refractivity contribution is 0.0234. The molecule has 5 N–H and O–H groups in total. The Kier molecular flexibility index (Phi) is 7.40. The molecule has 0 radical (unpaired) electrons. The van der Waals surface area contributed by atoms with E-state index in [0.717, 1.165) is 12.1 Å². The molecule has 9 heteroatoms. The van der Waals surface area contributed by atoms with E-state index >= 15 is 0 Å². The first-order valence-electron chi connectivity index (χ1n) is 8.18. The molecular formula is C19H18F3N3O3. The van der Waals surface area contributed by atoms with Crippen LogP contribution in [0.15, 0.2) is 24.3 Å². The van der Waals surface area contributed by atoms with E-state index in [4.69, 9.17) is 22.1 Å². The van der Waals surface area contributed by atoms with Gasteiger partial charge in [0.25, 0.3) is 5.91 Å². The molecule has 0 aliphatic carbocycles. The number of amides is 1. The lowest BCUT2D eigenvalue weighted by Gasteiger charge is -2.15. The second kappa shape index (κ2) is 9.75. The summed E-state index contributed by atoms with van der Waals surface area (Å²) in [5.41, 5.74) is 6.51. The third kappa shape index (κ3) is 5.01. The van der Waals surface area contributed by atoms with Crippen LogP contribution in [0.1, 0.15) is 27.9 Å². The molecule has 0 fully saturated rings. The van der Waals surface area contributed by atoms with Crippen molar-refractivity contribution in [3.05, 3.63) is 58.4 Å². The maximum absolute atomic E-state index is 14.6. The molecule has 28 heavy (non-hydrogen) atoms. The van der Waals surface area contributed by atoms with E-state index in [9.17, 15) is 18.0 Å². The highest BCUT2D eigenvalue weighted by molar-refractivity contribution is 5.99. The van der Waals surface area contributed by atoms with Crippen LogP contribution in [0.4, 0.5) is 24.5 Å². The van der Waals surface area contributed by atoms with Crippen LogP contribution in [-0.2, 0) is 11.4 Å². The highest BCUT2D eigenvalue weighted by Gasteiger charge is 2.22. The number of hydrogen-bond acceptors (Lipinski definition) is 5. The standard InChI is InChI=1S/C19H18F3N3O3/c1-2-11-4-5-15(14(20)8-11)25-18-13(19(23)27)9-12(16(21)17(18)22)10-28-24-6-3-7-26/h1,4-5,8-9,24-26H,3,6-7,10H2,(H2,23,27). The fourth-order valence-corrected chi connectivity index (χ4v) is 2.29. The number of nitrogens with two attached hydrogens (primary N) is 1. The van der Waals surface area contributed by atoms with E-state index in [1.54, 1.807) is 0 Å². The molecule has 0 spiro atoms. The first kappa shape index (κ1) is 21.2. The molecule has 0 saturated carbocycles. The summed E-state index contributed by atoms with van der Waals surface area (Å²) >= 11 is 0. The van der Waals surface area contributed by atoms with Gasteiger partial charge in [-0.25, -0.2) is 18.7 Å². The average molecular weight is 393 g/mol. The Morgan fingerprint density at radius 2 is 2.00 bits per heavy atom. The van der Waals surface area contributed by atoms with Gasteiger partial charge < -0.3 is 16.2 Å². The van der Waals surface area contributed by atoms with Gasteiger partial charge in [0, 0.05) is 24.3 Å². The molecule has 6 nitrogen and oxygen atoms in total. The van der Waals surface area contributed by atoms with Crippen molar-refractivity contribution in [2.75, 3.05) is 18.5 Å². The van der Waals surface area contributed by atoms with Crippen LogP contribution in [0, 0.1) is 29.8 Å². The number of carbonyl (C=O) groups excluding carboxylic acids is 1. The molecule has 2 rings (SSSR count).